The lowest BCUT2D eigenvalue weighted by Crippen LogP contribution is -2.12. The number of carbonyl (C=O) groups is 2. The highest BCUT2D eigenvalue weighted by Gasteiger charge is 2.17. The zero-order valence-electron chi connectivity index (χ0n) is 12.6. The first-order chi connectivity index (χ1) is 12.0. The van der Waals surface area contributed by atoms with Gasteiger partial charge >= 0.3 is 5.97 Å². The second-order valence-electron chi connectivity index (χ2n) is 5.04. The molecule has 1 aromatic heterocycles. The predicted octanol–water partition coefficient (Wildman–Crippen LogP) is 3.17. The van der Waals surface area contributed by atoms with Crippen molar-refractivity contribution in [3.8, 4) is 21.9 Å². The van der Waals surface area contributed by atoms with Crippen molar-refractivity contribution in [2.75, 3.05) is 5.32 Å². The van der Waals surface area contributed by atoms with E-state index in [2.05, 4.69) is 10.3 Å². The summed E-state index contributed by atoms with van der Waals surface area (Å²) in [6.45, 7) is 0. The molecule has 4 N–H and O–H groups in total. The van der Waals surface area contributed by atoms with Crippen molar-refractivity contribution in [1.29, 1.82) is 0 Å². The number of hydrogen-bond donors (Lipinski definition) is 4. The van der Waals surface area contributed by atoms with Gasteiger partial charge in [0.1, 0.15) is 17.1 Å². The smallest absolute Gasteiger partial charge is 0.335 e. The van der Waals surface area contributed by atoms with Gasteiger partial charge in [0, 0.05) is 6.20 Å². The van der Waals surface area contributed by atoms with E-state index in [1.807, 2.05) is 0 Å². The summed E-state index contributed by atoms with van der Waals surface area (Å²) in [5.41, 5.74) is 0.704. The van der Waals surface area contributed by atoms with Crippen molar-refractivity contribution >= 4 is 28.3 Å². The molecule has 0 radical (unpaired) electrons. The van der Waals surface area contributed by atoms with Crippen molar-refractivity contribution < 1.29 is 24.9 Å². The summed E-state index contributed by atoms with van der Waals surface area (Å²) in [6.07, 6.45) is 1.54. The maximum absolute atomic E-state index is 12.2. The molecule has 0 spiro atoms. The Kier molecular flexibility index (Phi) is 4.36. The topological polar surface area (TPSA) is 120 Å². The summed E-state index contributed by atoms with van der Waals surface area (Å²) < 4.78 is 0. The number of rotatable bonds is 4. The largest absolute Gasteiger partial charge is 0.507 e. The van der Waals surface area contributed by atoms with Crippen molar-refractivity contribution in [3.63, 3.8) is 0 Å². The highest BCUT2D eigenvalue weighted by Crippen LogP contribution is 2.31. The van der Waals surface area contributed by atoms with E-state index in [1.165, 1.54) is 41.7 Å². The van der Waals surface area contributed by atoms with Crippen LogP contribution in [0, 0.1) is 0 Å². The average Bonchev–Trinajstić information content (AvgIpc) is 3.03. The maximum Gasteiger partial charge on any atom is 0.335 e. The van der Waals surface area contributed by atoms with E-state index in [9.17, 15) is 19.8 Å². The van der Waals surface area contributed by atoms with E-state index in [1.54, 1.807) is 18.3 Å². The molecular weight excluding hydrogens is 344 g/mol. The minimum absolute atomic E-state index is 0.178. The number of nitrogens with one attached hydrogen (secondary N) is 1. The van der Waals surface area contributed by atoms with E-state index in [4.69, 9.17) is 5.11 Å². The first-order valence-electron chi connectivity index (χ1n) is 7.07. The molecule has 8 heteroatoms. The number of aromatic carboxylic acids is 1. The van der Waals surface area contributed by atoms with Gasteiger partial charge in [-0.05, 0) is 29.8 Å². The van der Waals surface area contributed by atoms with Gasteiger partial charge < -0.3 is 15.3 Å². The zero-order chi connectivity index (χ0) is 18.0. The van der Waals surface area contributed by atoms with Crippen LogP contribution in [0.15, 0.2) is 48.7 Å². The quantitative estimate of drug-likeness (QED) is 0.570. The number of benzene rings is 2. The molecule has 0 aliphatic rings. The molecule has 3 aromatic rings. The van der Waals surface area contributed by atoms with Gasteiger partial charge in [-0.15, -0.1) is 0 Å². The van der Waals surface area contributed by atoms with Gasteiger partial charge in [0.15, 0.2) is 5.13 Å². The van der Waals surface area contributed by atoms with E-state index in [-0.39, 0.29) is 27.8 Å². The standard InChI is InChI=1S/C17H12N2O5S/c20-11-2-1-3-12(21)14(11)15(22)19-17-18-8-13(25-17)9-4-6-10(7-5-9)16(23)24/h1-8,20-21H,(H,23,24)(H,18,19,22). The predicted molar refractivity (Wildman–Crippen MR) is 92.2 cm³/mol. The fourth-order valence-electron chi connectivity index (χ4n) is 2.16. The Labute approximate surface area is 145 Å². The molecule has 0 bridgehead atoms. The Hall–Kier alpha value is -3.39. The number of phenols is 2. The van der Waals surface area contributed by atoms with Crippen molar-refractivity contribution in [1.82, 2.24) is 4.98 Å². The molecule has 0 saturated heterocycles. The number of aromatic hydroxyl groups is 2. The molecule has 0 saturated carbocycles. The van der Waals surface area contributed by atoms with Crippen molar-refractivity contribution in [3.05, 3.63) is 59.8 Å². The molecule has 1 amide bonds. The number of amides is 1. The first-order valence-corrected chi connectivity index (χ1v) is 7.89. The molecule has 7 nitrogen and oxygen atoms in total. The summed E-state index contributed by atoms with van der Waals surface area (Å²) in [4.78, 5) is 27.9. The van der Waals surface area contributed by atoms with Crippen LogP contribution in [0.4, 0.5) is 5.13 Å². The number of phenolic OH excluding ortho intramolecular Hbond substituents is 2. The van der Waals surface area contributed by atoms with Crippen molar-refractivity contribution in [2.24, 2.45) is 0 Å². The van der Waals surface area contributed by atoms with E-state index < -0.39 is 11.9 Å². The number of carboxylic acid groups (broad SMARTS) is 1. The molecule has 2 aromatic carbocycles. The Morgan fingerprint density at radius 2 is 1.64 bits per heavy atom. The van der Waals surface area contributed by atoms with Gasteiger partial charge in [-0.25, -0.2) is 9.78 Å². The highest BCUT2D eigenvalue weighted by molar-refractivity contribution is 7.19. The molecule has 0 atom stereocenters. The minimum atomic E-state index is -1.01. The Balaban J connectivity index is 1.80. The third-order valence-corrected chi connectivity index (χ3v) is 4.35. The van der Waals surface area contributed by atoms with Gasteiger partial charge in [0.2, 0.25) is 0 Å². The molecule has 0 aliphatic carbocycles. The van der Waals surface area contributed by atoms with Crippen LogP contribution in [0.3, 0.4) is 0 Å². The third kappa shape index (κ3) is 3.43. The average molecular weight is 356 g/mol. The van der Waals surface area contributed by atoms with Crippen LogP contribution in [0.1, 0.15) is 20.7 Å². The van der Waals surface area contributed by atoms with Crippen LogP contribution < -0.4 is 5.32 Å². The van der Waals surface area contributed by atoms with Crippen LogP contribution in [-0.4, -0.2) is 32.2 Å². The SMILES string of the molecule is O=C(O)c1ccc(-c2cnc(NC(=O)c3c(O)cccc3O)s2)cc1. The van der Waals surface area contributed by atoms with Gasteiger partial charge in [-0.3, -0.25) is 10.1 Å². The summed E-state index contributed by atoms with van der Waals surface area (Å²) in [7, 11) is 0. The van der Waals surface area contributed by atoms with Gasteiger partial charge in [-0.1, -0.05) is 29.5 Å². The number of hydrogen-bond acceptors (Lipinski definition) is 6. The first kappa shape index (κ1) is 16.5. The monoisotopic (exact) mass is 356 g/mol. The van der Waals surface area contributed by atoms with E-state index >= 15 is 0 Å². The van der Waals surface area contributed by atoms with Gasteiger partial charge in [0.25, 0.3) is 5.91 Å². The van der Waals surface area contributed by atoms with Crippen LogP contribution in [0.2, 0.25) is 0 Å². The van der Waals surface area contributed by atoms with E-state index in [0.717, 1.165) is 10.4 Å². The summed E-state index contributed by atoms with van der Waals surface area (Å²) >= 11 is 1.18. The molecule has 3 rings (SSSR count). The summed E-state index contributed by atoms with van der Waals surface area (Å²) in [5.74, 6) is -2.36. The molecule has 1 heterocycles. The second kappa shape index (κ2) is 6.62. The summed E-state index contributed by atoms with van der Waals surface area (Å²) in [6, 6.07) is 10.3. The lowest BCUT2D eigenvalue weighted by atomic mass is 10.1. The molecular formula is C17H12N2O5S. The fourth-order valence-corrected chi connectivity index (χ4v) is 2.98. The molecule has 126 valence electrons. The number of anilines is 1. The highest BCUT2D eigenvalue weighted by atomic mass is 32.1. The third-order valence-electron chi connectivity index (χ3n) is 3.39. The number of carbonyl (C=O) groups excluding carboxylic acids is 1. The Bertz CT molecular complexity index is 930. The second-order valence-corrected chi connectivity index (χ2v) is 6.07. The maximum atomic E-state index is 12.2. The normalized spacial score (nSPS) is 10.4. The molecule has 0 unspecified atom stereocenters. The number of aromatic nitrogens is 1. The van der Waals surface area contributed by atoms with Crippen LogP contribution in [0.25, 0.3) is 10.4 Å². The Morgan fingerprint density at radius 1 is 1.00 bits per heavy atom. The van der Waals surface area contributed by atoms with Crippen LogP contribution in [-0.2, 0) is 0 Å². The number of carboxylic acids is 1. The lowest BCUT2D eigenvalue weighted by Gasteiger charge is -2.06. The molecule has 0 aliphatic heterocycles. The number of thiazole rings is 1. The lowest BCUT2D eigenvalue weighted by molar-refractivity contribution is 0.0696. The van der Waals surface area contributed by atoms with Crippen LogP contribution in [0.5, 0.6) is 11.5 Å². The minimum Gasteiger partial charge on any atom is -0.507 e. The van der Waals surface area contributed by atoms with Gasteiger partial charge in [0.05, 0.1) is 10.4 Å². The fraction of sp³-hybridized carbons (Fsp3) is 0. The molecule has 0 fully saturated rings. The summed E-state index contributed by atoms with van der Waals surface area (Å²) in [5, 5.41) is 31.1. The van der Waals surface area contributed by atoms with Crippen LogP contribution >= 0.6 is 11.3 Å². The van der Waals surface area contributed by atoms with Crippen molar-refractivity contribution in [2.45, 2.75) is 0 Å². The van der Waals surface area contributed by atoms with Gasteiger partial charge in [-0.2, -0.15) is 0 Å². The zero-order valence-corrected chi connectivity index (χ0v) is 13.4. The van der Waals surface area contributed by atoms with E-state index in [0.29, 0.717) is 0 Å². The Morgan fingerprint density at radius 3 is 2.24 bits per heavy atom. The molecule has 25 heavy (non-hydrogen) atoms. The number of nitrogens with zero attached hydrogens (tertiary/aromatic N) is 1.